The smallest absolute Gasteiger partial charge is 0.178 e. The van der Waals surface area contributed by atoms with E-state index in [-0.39, 0.29) is 5.57 Å². The van der Waals surface area contributed by atoms with Gasteiger partial charge in [0.15, 0.2) is 10.2 Å². The van der Waals surface area contributed by atoms with Crippen molar-refractivity contribution in [2.75, 3.05) is 0 Å². The van der Waals surface area contributed by atoms with Gasteiger partial charge in [0.2, 0.25) is 0 Å². The minimum atomic E-state index is -1.53. The number of alkyl halides is 2. The quantitative estimate of drug-likeness (QED) is 0.517. The average Bonchev–Trinajstić information content (AvgIpc) is 2.59. The Bertz CT molecular complexity index is 551. The van der Waals surface area contributed by atoms with Gasteiger partial charge in [0, 0.05) is 13.0 Å². The van der Waals surface area contributed by atoms with Crippen LogP contribution < -0.4 is 0 Å². The van der Waals surface area contributed by atoms with Gasteiger partial charge in [0.1, 0.15) is 23.2 Å². The molecule has 0 radical (unpaired) electrons. The number of allylic oxidation sites excluding steroid dienone is 2. The van der Waals surface area contributed by atoms with Gasteiger partial charge in [-0.15, -0.1) is 10.2 Å². The third kappa shape index (κ3) is 2.85. The van der Waals surface area contributed by atoms with Crippen LogP contribution in [0.3, 0.4) is 0 Å². The molecule has 1 aliphatic rings. The predicted molar refractivity (Wildman–Crippen MR) is 72.8 cm³/mol. The van der Waals surface area contributed by atoms with Crippen LogP contribution >= 0.6 is 23.2 Å². The highest BCUT2D eigenvalue weighted by molar-refractivity contribution is 6.50. The number of nitriles is 1. The number of hydrogen-bond acceptors (Lipinski definition) is 4. The molecule has 0 saturated heterocycles. The minimum Gasteiger partial charge on any atom is -0.508 e. The molecule has 0 amide bonds. The summed E-state index contributed by atoms with van der Waals surface area (Å²) in [5, 5.41) is 27.3. The number of aliphatic hydroxyl groups is 1. The van der Waals surface area contributed by atoms with Gasteiger partial charge < -0.3 is 9.67 Å². The summed E-state index contributed by atoms with van der Waals surface area (Å²) in [6.07, 6.45) is 3.99. The van der Waals surface area contributed by atoms with Gasteiger partial charge in [-0.25, -0.2) is 0 Å². The van der Waals surface area contributed by atoms with E-state index in [0.717, 1.165) is 38.1 Å². The minimum absolute atomic E-state index is 0.0202. The number of aromatic nitrogens is 3. The van der Waals surface area contributed by atoms with Crippen molar-refractivity contribution in [1.29, 1.82) is 5.26 Å². The summed E-state index contributed by atoms with van der Waals surface area (Å²) in [7, 11) is 0. The number of hydrogen-bond donors (Lipinski definition) is 1. The second-order valence-electron chi connectivity index (χ2n) is 4.63. The molecule has 0 bridgehead atoms. The number of fused-ring (bicyclic) bond motifs is 1. The molecule has 19 heavy (non-hydrogen) atoms. The molecule has 7 heteroatoms. The Kier molecular flexibility index (Phi) is 4.02. The summed E-state index contributed by atoms with van der Waals surface area (Å²) in [6, 6.07) is 1.92. The molecule has 2 rings (SSSR count). The van der Waals surface area contributed by atoms with Gasteiger partial charge >= 0.3 is 0 Å². The Morgan fingerprint density at radius 2 is 2.11 bits per heavy atom. The van der Waals surface area contributed by atoms with E-state index in [1.807, 2.05) is 10.6 Å². The van der Waals surface area contributed by atoms with E-state index >= 15 is 0 Å². The second kappa shape index (κ2) is 5.40. The Labute approximate surface area is 121 Å². The lowest BCUT2D eigenvalue weighted by molar-refractivity contribution is 0.389. The van der Waals surface area contributed by atoms with Crippen molar-refractivity contribution in [3.05, 3.63) is 17.4 Å². The van der Waals surface area contributed by atoms with Crippen LogP contribution in [0.25, 0.3) is 5.57 Å². The monoisotopic (exact) mass is 300 g/mol. The van der Waals surface area contributed by atoms with Crippen LogP contribution in [0, 0.1) is 11.3 Å². The maximum absolute atomic E-state index is 10.0. The van der Waals surface area contributed by atoms with Crippen molar-refractivity contribution in [3.63, 3.8) is 0 Å². The molecule has 0 saturated carbocycles. The zero-order valence-corrected chi connectivity index (χ0v) is 12.0. The lowest BCUT2D eigenvalue weighted by Crippen LogP contribution is -2.14. The number of aryl methyl sites for hydroxylation is 1. The largest absolute Gasteiger partial charge is 0.508 e. The highest BCUT2D eigenvalue weighted by Gasteiger charge is 2.30. The van der Waals surface area contributed by atoms with Gasteiger partial charge in [-0.2, -0.15) is 5.26 Å². The highest BCUT2D eigenvalue weighted by atomic mass is 35.5. The van der Waals surface area contributed by atoms with E-state index < -0.39 is 10.1 Å². The van der Waals surface area contributed by atoms with Crippen molar-refractivity contribution in [3.8, 4) is 6.07 Å². The summed E-state index contributed by atoms with van der Waals surface area (Å²) < 4.78 is 0.337. The Balaban J connectivity index is 2.52. The van der Waals surface area contributed by atoms with Gasteiger partial charge in [-0.3, -0.25) is 0 Å². The lowest BCUT2D eigenvalue weighted by Gasteiger charge is -2.14. The number of nitrogens with zero attached hydrogens (tertiary/aromatic N) is 4. The molecule has 1 aliphatic heterocycles. The van der Waals surface area contributed by atoms with Crippen molar-refractivity contribution in [1.82, 2.24) is 14.8 Å². The first-order chi connectivity index (χ1) is 8.95. The molecule has 0 spiro atoms. The second-order valence-corrected chi connectivity index (χ2v) is 6.33. The van der Waals surface area contributed by atoms with Crippen LogP contribution in [-0.4, -0.2) is 24.2 Å². The normalized spacial score (nSPS) is 17.2. The molecule has 2 heterocycles. The lowest BCUT2D eigenvalue weighted by atomic mass is 10.2. The first-order valence-corrected chi connectivity index (χ1v) is 6.85. The van der Waals surface area contributed by atoms with Crippen LogP contribution in [0.15, 0.2) is 5.76 Å². The fourth-order valence-electron chi connectivity index (χ4n) is 2.10. The van der Waals surface area contributed by atoms with Crippen LogP contribution in [0.2, 0.25) is 0 Å². The maximum Gasteiger partial charge on any atom is 0.178 e. The molecule has 0 aliphatic carbocycles. The summed E-state index contributed by atoms with van der Waals surface area (Å²) in [6.45, 7) is 2.14. The van der Waals surface area contributed by atoms with Crippen molar-refractivity contribution >= 4 is 28.8 Å². The van der Waals surface area contributed by atoms with Gasteiger partial charge in [0.25, 0.3) is 0 Å². The van der Waals surface area contributed by atoms with E-state index in [0.29, 0.717) is 5.82 Å². The van der Waals surface area contributed by atoms with E-state index in [1.165, 1.54) is 6.92 Å². The third-order valence-electron chi connectivity index (χ3n) is 3.10. The van der Waals surface area contributed by atoms with Crippen LogP contribution in [-0.2, 0) is 13.0 Å². The van der Waals surface area contributed by atoms with Crippen molar-refractivity contribution in [2.45, 2.75) is 43.5 Å². The Hall–Kier alpha value is -1.25. The molecule has 1 aromatic heterocycles. The van der Waals surface area contributed by atoms with Crippen molar-refractivity contribution < 1.29 is 5.11 Å². The fraction of sp³-hybridized carbons (Fsp3) is 0.583. The Morgan fingerprint density at radius 1 is 1.37 bits per heavy atom. The molecule has 1 N–H and O–H groups in total. The SMILES string of the molecule is CC(Cl)(Cl)/C(O)=C(\C#N)c1nnc2n1CCCCC2. The standard InChI is InChI=1S/C12H14Cl2N4O/c1-12(13,14)10(19)8(7-15)11-17-16-9-5-3-2-4-6-18(9)11/h19H,2-6H2,1H3/b10-8-. The molecular formula is C12H14Cl2N4O. The maximum atomic E-state index is 10.0. The summed E-state index contributed by atoms with van der Waals surface area (Å²) >= 11 is 11.7. The number of rotatable bonds is 2. The molecule has 0 unspecified atom stereocenters. The fourth-order valence-corrected chi connectivity index (χ4v) is 2.29. The molecule has 0 aromatic carbocycles. The zero-order valence-electron chi connectivity index (χ0n) is 10.5. The van der Waals surface area contributed by atoms with Crippen LogP contribution in [0.1, 0.15) is 37.8 Å². The summed E-state index contributed by atoms with van der Waals surface area (Å²) in [5.41, 5.74) is -0.0202. The number of aliphatic hydroxyl groups excluding tert-OH is 1. The third-order valence-corrected chi connectivity index (χ3v) is 3.46. The molecular weight excluding hydrogens is 287 g/mol. The topological polar surface area (TPSA) is 74.7 Å². The Morgan fingerprint density at radius 3 is 2.74 bits per heavy atom. The summed E-state index contributed by atoms with van der Waals surface area (Å²) in [4.78, 5) is 0. The van der Waals surface area contributed by atoms with E-state index in [9.17, 15) is 10.4 Å². The predicted octanol–water partition coefficient (Wildman–Crippen LogP) is 2.99. The van der Waals surface area contributed by atoms with E-state index in [2.05, 4.69) is 10.2 Å². The van der Waals surface area contributed by atoms with Crippen LogP contribution in [0.5, 0.6) is 0 Å². The first kappa shape index (κ1) is 14.2. The summed E-state index contributed by atoms with van der Waals surface area (Å²) in [5.74, 6) is 0.779. The first-order valence-electron chi connectivity index (χ1n) is 6.09. The molecule has 0 atom stereocenters. The van der Waals surface area contributed by atoms with E-state index in [4.69, 9.17) is 23.2 Å². The van der Waals surface area contributed by atoms with Crippen LogP contribution in [0.4, 0.5) is 0 Å². The number of halogens is 2. The highest BCUT2D eigenvalue weighted by Crippen LogP contribution is 2.33. The zero-order chi connectivity index (χ0) is 14.0. The molecule has 0 fully saturated rings. The van der Waals surface area contributed by atoms with Gasteiger partial charge in [-0.1, -0.05) is 29.6 Å². The van der Waals surface area contributed by atoms with Gasteiger partial charge in [0.05, 0.1) is 0 Å². The van der Waals surface area contributed by atoms with E-state index in [1.54, 1.807) is 0 Å². The average molecular weight is 301 g/mol. The molecule has 102 valence electrons. The van der Waals surface area contributed by atoms with Gasteiger partial charge in [-0.05, 0) is 19.8 Å². The molecule has 1 aromatic rings. The van der Waals surface area contributed by atoms with Crippen molar-refractivity contribution in [2.24, 2.45) is 0 Å². The molecule has 5 nitrogen and oxygen atoms in total.